The molecule has 12 heteroatoms. The summed E-state index contributed by atoms with van der Waals surface area (Å²) in [5, 5.41) is 61.3. The van der Waals surface area contributed by atoms with Crippen LogP contribution in [0.15, 0.2) is 97.1 Å². The van der Waals surface area contributed by atoms with Crippen molar-refractivity contribution in [3.63, 3.8) is 0 Å². The van der Waals surface area contributed by atoms with E-state index < -0.39 is 70.4 Å². The molecular formula is C35H36FNO9S. The number of halogens is 1. The first-order valence-electron chi connectivity index (χ1n) is 15.3. The first-order valence-corrected chi connectivity index (χ1v) is 16.8. The number of hydrogen-bond acceptors (Lipinski definition) is 9. The van der Waals surface area contributed by atoms with E-state index in [1.165, 1.54) is 34.6 Å². The summed E-state index contributed by atoms with van der Waals surface area (Å²) >= 11 is 0. The van der Waals surface area contributed by atoms with Gasteiger partial charge in [-0.05, 0) is 65.4 Å². The second-order valence-electron chi connectivity index (χ2n) is 11.9. The van der Waals surface area contributed by atoms with Crippen LogP contribution in [0.25, 0.3) is 11.1 Å². The lowest BCUT2D eigenvalue weighted by Crippen LogP contribution is -2.58. The highest BCUT2D eigenvalue weighted by molar-refractivity contribution is 7.95. The number of hydrogen-bond donors (Lipinski definition) is 6. The Morgan fingerprint density at radius 3 is 2.13 bits per heavy atom. The Balaban J connectivity index is 1.25. The van der Waals surface area contributed by atoms with E-state index in [9.17, 15) is 43.4 Å². The summed E-state index contributed by atoms with van der Waals surface area (Å²) in [6.07, 6.45) is -7.21. The van der Waals surface area contributed by atoms with Crippen LogP contribution in [0.4, 0.5) is 10.1 Å². The molecule has 47 heavy (non-hydrogen) atoms. The Hall–Kier alpha value is -3.88. The van der Waals surface area contributed by atoms with Gasteiger partial charge in [0.1, 0.15) is 47.3 Å². The lowest BCUT2D eigenvalue weighted by Gasteiger charge is -2.48. The molecule has 4 aromatic rings. The molecule has 10 nitrogen and oxygen atoms in total. The second kappa shape index (κ2) is 13.3. The first kappa shape index (κ1) is 33.0. The minimum absolute atomic E-state index is 0.0927. The summed E-state index contributed by atoms with van der Waals surface area (Å²) in [5.74, 6) is -0.560. The van der Waals surface area contributed by atoms with Crippen LogP contribution in [0.1, 0.15) is 47.8 Å². The number of ether oxygens (including phenoxy) is 1. The first-order chi connectivity index (χ1) is 22.5. The second-order valence-corrected chi connectivity index (χ2v) is 14.0. The molecule has 0 aliphatic carbocycles. The zero-order valence-corrected chi connectivity index (χ0v) is 25.9. The minimum Gasteiger partial charge on any atom is -0.508 e. The molecule has 0 saturated carbocycles. The third-order valence-electron chi connectivity index (χ3n) is 9.07. The highest BCUT2D eigenvalue weighted by atomic mass is 32.2. The Bertz CT molecular complexity index is 1790. The normalized spacial score (nSPS) is 27.6. The van der Waals surface area contributed by atoms with E-state index in [1.807, 2.05) is 0 Å². The highest BCUT2D eigenvalue weighted by Gasteiger charge is 2.55. The van der Waals surface area contributed by atoms with Crippen LogP contribution in [-0.2, 0) is 14.8 Å². The molecule has 0 spiro atoms. The molecule has 2 fully saturated rings. The SMILES string of the molecule is O=S1(=O)[C@@H](CC[C@@H](O)c2ccc(F)cc2)[C@@H](c2ccc(-c3ccc(C4O[C@H](CO)[C@@H](O)[C@H](O)[C@H]4O)cc3)cc2O)N1c1ccccc1. The van der Waals surface area contributed by atoms with Gasteiger partial charge in [0, 0.05) is 5.56 Å². The largest absolute Gasteiger partial charge is 0.508 e. The van der Waals surface area contributed by atoms with Crippen LogP contribution in [-0.4, -0.2) is 75.3 Å². The van der Waals surface area contributed by atoms with Crippen LogP contribution >= 0.6 is 0 Å². The van der Waals surface area contributed by atoms with Crippen molar-refractivity contribution in [2.45, 2.75) is 60.8 Å². The standard InChI is InChI=1S/C35H36FNO9S/c36-24-13-10-21(11-14-24)27(39)16-17-30-31(37(47(30,44)45)25-4-2-1-3-5-25)26-15-12-23(18-28(26)40)20-6-8-22(9-7-20)35-34(43)33(42)32(41)29(19-38)46-35/h1-15,18,27,29-35,38-43H,16-17,19H2/t27-,29-,30+,31-,32-,33+,34-,35?/m1/s1. The monoisotopic (exact) mass is 665 g/mol. The molecule has 8 atom stereocenters. The van der Waals surface area contributed by atoms with Crippen LogP contribution < -0.4 is 4.31 Å². The Labute approximate surface area is 271 Å². The van der Waals surface area contributed by atoms with Crippen molar-refractivity contribution in [1.29, 1.82) is 0 Å². The molecule has 2 aliphatic heterocycles. The third kappa shape index (κ3) is 6.25. The maximum absolute atomic E-state index is 13.6. The van der Waals surface area contributed by atoms with Gasteiger partial charge >= 0.3 is 0 Å². The summed E-state index contributed by atoms with van der Waals surface area (Å²) in [4.78, 5) is 0. The molecule has 2 aliphatic rings. The number of phenols is 1. The molecule has 4 aromatic carbocycles. The molecule has 2 saturated heterocycles. The molecule has 1 unspecified atom stereocenters. The van der Waals surface area contributed by atoms with Crippen LogP contribution in [0.5, 0.6) is 5.75 Å². The van der Waals surface area contributed by atoms with E-state index in [2.05, 4.69) is 0 Å². The molecule has 6 N–H and O–H groups in total. The maximum atomic E-state index is 13.6. The molecular weight excluding hydrogens is 629 g/mol. The van der Waals surface area contributed by atoms with Gasteiger partial charge in [0.15, 0.2) is 0 Å². The fourth-order valence-electron chi connectivity index (χ4n) is 6.46. The minimum atomic E-state index is -3.84. The predicted octanol–water partition coefficient (Wildman–Crippen LogP) is 3.49. The van der Waals surface area contributed by atoms with Crippen LogP contribution in [0.2, 0.25) is 0 Å². The van der Waals surface area contributed by atoms with Gasteiger partial charge in [0.2, 0.25) is 10.0 Å². The number of sulfonamides is 1. The topological polar surface area (TPSA) is 168 Å². The summed E-state index contributed by atoms with van der Waals surface area (Å²) in [6, 6.07) is 25.0. The van der Waals surface area contributed by atoms with Gasteiger partial charge in [-0.2, -0.15) is 0 Å². The summed E-state index contributed by atoms with van der Waals surface area (Å²) in [6.45, 7) is -0.537. The van der Waals surface area contributed by atoms with Crippen molar-refractivity contribution in [2.75, 3.05) is 10.9 Å². The van der Waals surface area contributed by atoms with Gasteiger partial charge in [0.25, 0.3) is 0 Å². The fraction of sp³-hybridized carbons (Fsp3) is 0.314. The molecule has 0 radical (unpaired) electrons. The van der Waals surface area contributed by atoms with Crippen molar-refractivity contribution >= 4 is 15.7 Å². The summed E-state index contributed by atoms with van der Waals surface area (Å²) in [5.41, 5.74) is 3.15. The average Bonchev–Trinajstić information content (AvgIpc) is 3.07. The van der Waals surface area contributed by atoms with Crippen molar-refractivity contribution in [3.05, 3.63) is 120 Å². The van der Waals surface area contributed by atoms with E-state index in [0.29, 0.717) is 33.5 Å². The number of benzene rings is 4. The highest BCUT2D eigenvalue weighted by Crippen LogP contribution is 2.50. The van der Waals surface area contributed by atoms with Gasteiger partial charge in [-0.25, -0.2) is 12.8 Å². The van der Waals surface area contributed by atoms with Gasteiger partial charge in [-0.3, -0.25) is 4.31 Å². The number of para-hydroxylation sites is 1. The molecule has 0 amide bonds. The van der Waals surface area contributed by atoms with E-state index in [1.54, 1.807) is 66.7 Å². The number of aliphatic hydroxyl groups excluding tert-OH is 5. The van der Waals surface area contributed by atoms with Crippen molar-refractivity contribution in [2.24, 2.45) is 0 Å². The maximum Gasteiger partial charge on any atom is 0.241 e. The Morgan fingerprint density at radius 2 is 1.49 bits per heavy atom. The quantitative estimate of drug-likeness (QED) is 0.157. The molecule has 2 heterocycles. The fourth-order valence-corrected chi connectivity index (χ4v) is 8.58. The summed E-state index contributed by atoms with van der Waals surface area (Å²) in [7, 11) is -3.84. The zero-order valence-electron chi connectivity index (χ0n) is 25.1. The van der Waals surface area contributed by atoms with Crippen molar-refractivity contribution in [3.8, 4) is 16.9 Å². The number of aliphatic hydroxyl groups is 5. The number of anilines is 1. The number of nitrogens with zero attached hydrogens (tertiary/aromatic N) is 1. The van der Waals surface area contributed by atoms with E-state index in [4.69, 9.17) is 4.74 Å². The number of aromatic hydroxyl groups is 1. The number of rotatable bonds is 9. The molecule has 6 rings (SSSR count). The summed E-state index contributed by atoms with van der Waals surface area (Å²) < 4.78 is 47.6. The molecule has 0 aromatic heterocycles. The van der Waals surface area contributed by atoms with Gasteiger partial charge in [-0.15, -0.1) is 0 Å². The average molecular weight is 666 g/mol. The van der Waals surface area contributed by atoms with E-state index in [0.717, 1.165) is 0 Å². The van der Waals surface area contributed by atoms with Crippen molar-refractivity contribution < 1.29 is 48.2 Å². The molecule has 0 bridgehead atoms. The Kier molecular flexibility index (Phi) is 9.36. The number of phenolic OH excluding ortho intramolecular Hbond substituents is 1. The zero-order chi connectivity index (χ0) is 33.5. The van der Waals surface area contributed by atoms with Crippen LogP contribution in [0.3, 0.4) is 0 Å². The third-order valence-corrected chi connectivity index (χ3v) is 11.3. The lowest BCUT2D eigenvalue weighted by atomic mass is 9.90. The smallest absolute Gasteiger partial charge is 0.241 e. The van der Waals surface area contributed by atoms with E-state index in [-0.39, 0.29) is 18.6 Å². The van der Waals surface area contributed by atoms with Gasteiger partial charge in [-0.1, -0.05) is 66.7 Å². The van der Waals surface area contributed by atoms with Gasteiger partial charge in [0.05, 0.1) is 24.4 Å². The molecule has 248 valence electrons. The Morgan fingerprint density at radius 1 is 0.830 bits per heavy atom. The van der Waals surface area contributed by atoms with Gasteiger partial charge < -0.3 is 35.4 Å². The van der Waals surface area contributed by atoms with Crippen molar-refractivity contribution in [1.82, 2.24) is 0 Å². The predicted molar refractivity (Wildman–Crippen MR) is 171 cm³/mol. The lowest BCUT2D eigenvalue weighted by molar-refractivity contribution is -0.231. The van der Waals surface area contributed by atoms with E-state index >= 15 is 0 Å². The van der Waals surface area contributed by atoms with Crippen LogP contribution in [0, 0.1) is 5.82 Å².